The number of aromatic nitrogens is 1. The van der Waals surface area contributed by atoms with Crippen molar-refractivity contribution in [2.45, 2.75) is 25.3 Å². The molecule has 0 radical (unpaired) electrons. The predicted molar refractivity (Wildman–Crippen MR) is 60.2 cm³/mol. The second-order valence-electron chi connectivity index (χ2n) is 3.86. The lowest BCUT2D eigenvalue weighted by Gasteiger charge is -2.16. The Kier molecular flexibility index (Phi) is 3.37. The number of amides is 1. The van der Waals surface area contributed by atoms with Crippen LogP contribution < -0.4 is 5.32 Å². The summed E-state index contributed by atoms with van der Waals surface area (Å²) in [6.07, 6.45) is 1.93. The van der Waals surface area contributed by atoms with Gasteiger partial charge < -0.3 is 10.1 Å². The molecule has 5 heteroatoms. The average Bonchev–Trinajstić information content (AvgIpc) is 2.73. The van der Waals surface area contributed by atoms with Crippen molar-refractivity contribution in [2.75, 3.05) is 6.61 Å². The molecule has 2 heterocycles. The van der Waals surface area contributed by atoms with Gasteiger partial charge in [0.05, 0.1) is 6.61 Å². The van der Waals surface area contributed by atoms with E-state index in [1.165, 1.54) is 0 Å². The molecular weight excluding hydrogens is 220 g/mol. The van der Waals surface area contributed by atoms with Crippen molar-refractivity contribution < 1.29 is 14.3 Å². The van der Waals surface area contributed by atoms with Gasteiger partial charge in [-0.1, -0.05) is 6.07 Å². The summed E-state index contributed by atoms with van der Waals surface area (Å²) in [5, 5.41) is 2.63. The lowest BCUT2D eigenvalue weighted by atomic mass is 9.96. The van der Waals surface area contributed by atoms with Gasteiger partial charge in [0, 0.05) is 24.2 Å². The monoisotopic (exact) mass is 234 g/mol. The number of nitrogens with one attached hydrogen (secondary N) is 1. The highest BCUT2D eigenvalue weighted by atomic mass is 16.5. The minimum atomic E-state index is -0.614. The van der Waals surface area contributed by atoms with Crippen molar-refractivity contribution in [1.82, 2.24) is 10.3 Å². The molecule has 0 saturated carbocycles. The van der Waals surface area contributed by atoms with E-state index in [9.17, 15) is 9.59 Å². The summed E-state index contributed by atoms with van der Waals surface area (Å²) in [5.41, 5.74) is 0.740. The normalized spacial score (nSPS) is 23.2. The molecule has 1 amide bonds. The maximum absolute atomic E-state index is 11.7. The summed E-state index contributed by atoms with van der Waals surface area (Å²) in [4.78, 5) is 27.3. The number of carbonyl (C=O) groups excluding carboxylic acids is 2. The van der Waals surface area contributed by atoms with Gasteiger partial charge in [-0.15, -0.1) is 0 Å². The van der Waals surface area contributed by atoms with Crippen LogP contribution in [0, 0.1) is 0 Å². The van der Waals surface area contributed by atoms with Crippen LogP contribution in [-0.4, -0.2) is 29.5 Å². The number of ether oxygens (including phenoxy) is 1. The first-order valence-electron chi connectivity index (χ1n) is 5.59. The molecular formula is C12H14N2O3. The van der Waals surface area contributed by atoms with E-state index in [1.54, 1.807) is 19.2 Å². The van der Waals surface area contributed by atoms with Gasteiger partial charge in [0.1, 0.15) is 6.04 Å². The smallest absolute Gasteiger partial charge is 0.329 e. The Balaban J connectivity index is 2.20. The largest absolute Gasteiger partial charge is 0.464 e. The minimum Gasteiger partial charge on any atom is -0.464 e. The molecule has 1 saturated heterocycles. The number of hydrogen-bond donors (Lipinski definition) is 1. The van der Waals surface area contributed by atoms with Crippen molar-refractivity contribution in [3.05, 3.63) is 30.1 Å². The van der Waals surface area contributed by atoms with Crippen molar-refractivity contribution in [1.29, 1.82) is 0 Å². The molecule has 1 aromatic rings. The third-order valence-electron chi connectivity index (χ3n) is 2.73. The molecule has 90 valence electrons. The quantitative estimate of drug-likeness (QED) is 0.778. The molecule has 1 N–H and O–H groups in total. The second-order valence-corrected chi connectivity index (χ2v) is 3.86. The van der Waals surface area contributed by atoms with Crippen LogP contribution in [0.4, 0.5) is 0 Å². The van der Waals surface area contributed by atoms with Crippen LogP contribution in [0.2, 0.25) is 0 Å². The summed E-state index contributed by atoms with van der Waals surface area (Å²) in [5.74, 6) is -0.768. The Bertz CT molecular complexity index is 419. The van der Waals surface area contributed by atoms with Crippen LogP contribution in [0.3, 0.4) is 0 Å². The Morgan fingerprint density at radius 2 is 2.41 bits per heavy atom. The highest BCUT2D eigenvalue weighted by Crippen LogP contribution is 2.27. The molecule has 0 aromatic carbocycles. The number of carbonyl (C=O) groups is 2. The van der Waals surface area contributed by atoms with Crippen LogP contribution in [0.25, 0.3) is 0 Å². The fourth-order valence-corrected chi connectivity index (χ4v) is 1.98. The molecule has 2 rings (SSSR count). The first-order valence-corrected chi connectivity index (χ1v) is 5.59. The van der Waals surface area contributed by atoms with E-state index in [4.69, 9.17) is 4.74 Å². The molecule has 1 aliphatic rings. The van der Waals surface area contributed by atoms with Crippen LogP contribution >= 0.6 is 0 Å². The zero-order chi connectivity index (χ0) is 12.3. The van der Waals surface area contributed by atoms with Gasteiger partial charge in [0.2, 0.25) is 5.91 Å². The first kappa shape index (κ1) is 11.6. The van der Waals surface area contributed by atoms with E-state index in [0.29, 0.717) is 6.61 Å². The number of esters is 1. The second kappa shape index (κ2) is 4.95. The highest BCUT2D eigenvalue weighted by molar-refractivity contribution is 5.90. The van der Waals surface area contributed by atoms with Crippen molar-refractivity contribution >= 4 is 11.9 Å². The summed E-state index contributed by atoms with van der Waals surface area (Å²) >= 11 is 0. The van der Waals surface area contributed by atoms with E-state index < -0.39 is 12.0 Å². The Labute approximate surface area is 99.2 Å². The highest BCUT2D eigenvalue weighted by Gasteiger charge is 2.39. The predicted octanol–water partition coefficient (Wildman–Crippen LogP) is 0.617. The number of hydrogen-bond acceptors (Lipinski definition) is 4. The van der Waals surface area contributed by atoms with Gasteiger partial charge in [0.15, 0.2) is 0 Å². The van der Waals surface area contributed by atoms with Gasteiger partial charge in [-0.3, -0.25) is 9.78 Å². The van der Waals surface area contributed by atoms with E-state index in [0.717, 1.165) is 5.69 Å². The van der Waals surface area contributed by atoms with Crippen molar-refractivity contribution in [3.63, 3.8) is 0 Å². The topological polar surface area (TPSA) is 68.3 Å². The van der Waals surface area contributed by atoms with Crippen LogP contribution in [0.1, 0.15) is 25.0 Å². The molecule has 0 bridgehead atoms. The third-order valence-corrected chi connectivity index (χ3v) is 2.73. The standard InChI is InChI=1S/C12H14N2O3/c1-2-17-12(16)11-8(7-10(15)14-11)9-5-3-4-6-13-9/h3-6,8,11H,2,7H2,1H3,(H,14,15). The van der Waals surface area contributed by atoms with Crippen molar-refractivity contribution in [3.8, 4) is 0 Å². The molecule has 2 atom stereocenters. The lowest BCUT2D eigenvalue weighted by molar-refractivity contribution is -0.146. The van der Waals surface area contributed by atoms with Crippen LogP contribution in [0.15, 0.2) is 24.4 Å². The molecule has 0 spiro atoms. The number of rotatable bonds is 3. The zero-order valence-electron chi connectivity index (χ0n) is 9.55. The molecule has 5 nitrogen and oxygen atoms in total. The van der Waals surface area contributed by atoms with E-state index >= 15 is 0 Å². The van der Waals surface area contributed by atoms with Gasteiger partial charge >= 0.3 is 5.97 Å². The van der Waals surface area contributed by atoms with E-state index in [2.05, 4.69) is 10.3 Å². The van der Waals surface area contributed by atoms with Gasteiger partial charge in [-0.25, -0.2) is 4.79 Å². The van der Waals surface area contributed by atoms with Gasteiger partial charge in [-0.05, 0) is 19.1 Å². The Hall–Kier alpha value is -1.91. The minimum absolute atomic E-state index is 0.140. The summed E-state index contributed by atoms with van der Waals surface area (Å²) < 4.78 is 4.94. The molecule has 1 fully saturated rings. The molecule has 0 aliphatic carbocycles. The lowest BCUT2D eigenvalue weighted by Crippen LogP contribution is -2.37. The summed E-state index contributed by atoms with van der Waals surface area (Å²) in [7, 11) is 0. The van der Waals surface area contributed by atoms with E-state index in [1.807, 2.05) is 12.1 Å². The summed E-state index contributed by atoms with van der Waals surface area (Å²) in [6.45, 7) is 2.05. The Morgan fingerprint density at radius 3 is 3.06 bits per heavy atom. The number of pyridine rings is 1. The fraction of sp³-hybridized carbons (Fsp3) is 0.417. The molecule has 17 heavy (non-hydrogen) atoms. The van der Waals surface area contributed by atoms with Gasteiger partial charge in [-0.2, -0.15) is 0 Å². The van der Waals surface area contributed by atoms with Crippen molar-refractivity contribution in [2.24, 2.45) is 0 Å². The molecule has 1 aliphatic heterocycles. The fourth-order valence-electron chi connectivity index (χ4n) is 1.98. The average molecular weight is 234 g/mol. The first-order chi connectivity index (χ1) is 8.22. The van der Waals surface area contributed by atoms with Crippen LogP contribution in [-0.2, 0) is 14.3 Å². The molecule has 2 unspecified atom stereocenters. The Morgan fingerprint density at radius 1 is 1.59 bits per heavy atom. The zero-order valence-corrected chi connectivity index (χ0v) is 9.55. The summed E-state index contributed by atoms with van der Waals surface area (Å²) in [6, 6.07) is 4.84. The SMILES string of the molecule is CCOC(=O)C1NC(=O)CC1c1ccccn1. The maximum atomic E-state index is 11.7. The van der Waals surface area contributed by atoms with E-state index in [-0.39, 0.29) is 18.2 Å². The van der Waals surface area contributed by atoms with Crippen LogP contribution in [0.5, 0.6) is 0 Å². The maximum Gasteiger partial charge on any atom is 0.329 e. The number of nitrogens with zero attached hydrogens (tertiary/aromatic N) is 1. The molecule has 1 aromatic heterocycles. The third kappa shape index (κ3) is 2.43. The van der Waals surface area contributed by atoms with Gasteiger partial charge in [0.25, 0.3) is 0 Å².